The molecule has 0 saturated heterocycles. The third kappa shape index (κ3) is 3.10. The SMILES string of the molecule is COc1cc2c(cc1NS(=O)(=O)c1ccc(C(C)=O)cc1)oc1ccccc12. The summed E-state index contributed by atoms with van der Waals surface area (Å²) in [4.78, 5) is 11.4. The summed E-state index contributed by atoms with van der Waals surface area (Å²) in [7, 11) is -2.39. The number of ketones is 1. The van der Waals surface area contributed by atoms with Gasteiger partial charge >= 0.3 is 0 Å². The van der Waals surface area contributed by atoms with Crippen LogP contribution in [-0.4, -0.2) is 21.3 Å². The van der Waals surface area contributed by atoms with Crippen molar-refractivity contribution >= 4 is 43.4 Å². The van der Waals surface area contributed by atoms with E-state index in [0.29, 0.717) is 22.5 Å². The number of ether oxygens (including phenoxy) is 1. The van der Waals surface area contributed by atoms with Crippen molar-refractivity contribution in [3.8, 4) is 5.75 Å². The van der Waals surface area contributed by atoms with Gasteiger partial charge in [-0.1, -0.05) is 30.3 Å². The minimum Gasteiger partial charge on any atom is -0.495 e. The lowest BCUT2D eigenvalue weighted by Crippen LogP contribution is -2.13. The van der Waals surface area contributed by atoms with Gasteiger partial charge in [-0.05, 0) is 31.2 Å². The maximum Gasteiger partial charge on any atom is 0.262 e. The predicted octanol–water partition coefficient (Wildman–Crippen LogP) is 4.60. The molecule has 0 spiro atoms. The van der Waals surface area contributed by atoms with Crippen LogP contribution in [0, 0.1) is 0 Å². The number of carbonyl (C=O) groups excluding carboxylic acids is 1. The summed E-state index contributed by atoms with van der Waals surface area (Å²) in [6, 6.07) is 16.7. The summed E-state index contributed by atoms with van der Waals surface area (Å²) in [5, 5.41) is 1.76. The van der Waals surface area contributed by atoms with Gasteiger partial charge in [0.15, 0.2) is 5.78 Å². The van der Waals surface area contributed by atoms with Crippen LogP contribution < -0.4 is 9.46 Å². The molecule has 142 valence electrons. The maximum atomic E-state index is 12.8. The number of hydrogen-bond acceptors (Lipinski definition) is 5. The molecule has 0 aliphatic rings. The van der Waals surface area contributed by atoms with Gasteiger partial charge < -0.3 is 9.15 Å². The highest BCUT2D eigenvalue weighted by Gasteiger charge is 2.19. The molecule has 4 aromatic rings. The van der Waals surface area contributed by atoms with E-state index in [9.17, 15) is 13.2 Å². The molecule has 0 aliphatic carbocycles. The zero-order valence-electron chi connectivity index (χ0n) is 15.2. The number of hydrogen-bond donors (Lipinski definition) is 1. The van der Waals surface area contributed by atoms with Gasteiger partial charge in [-0.2, -0.15) is 0 Å². The number of anilines is 1. The zero-order valence-corrected chi connectivity index (χ0v) is 16.0. The summed E-state index contributed by atoms with van der Waals surface area (Å²) >= 11 is 0. The van der Waals surface area contributed by atoms with Crippen LogP contribution in [0.1, 0.15) is 17.3 Å². The first-order chi connectivity index (χ1) is 13.4. The second-order valence-electron chi connectivity index (χ2n) is 6.33. The quantitative estimate of drug-likeness (QED) is 0.499. The molecule has 7 heteroatoms. The van der Waals surface area contributed by atoms with Gasteiger partial charge in [0.1, 0.15) is 16.9 Å². The lowest BCUT2D eigenvalue weighted by Gasteiger charge is -2.12. The summed E-state index contributed by atoms with van der Waals surface area (Å²) < 4.78 is 39.3. The number of methoxy groups -OCH3 is 1. The van der Waals surface area contributed by atoms with Crippen LogP contribution in [-0.2, 0) is 10.0 Å². The van der Waals surface area contributed by atoms with E-state index < -0.39 is 10.0 Å². The molecule has 0 saturated carbocycles. The Hall–Kier alpha value is -3.32. The first-order valence-corrected chi connectivity index (χ1v) is 10.0. The van der Waals surface area contributed by atoms with Gasteiger partial charge in [0, 0.05) is 22.4 Å². The molecular weight excluding hydrogens is 378 g/mol. The number of benzene rings is 3. The molecular formula is C21H17NO5S. The Bertz CT molecular complexity index is 1300. The first kappa shape index (κ1) is 18.1. The lowest BCUT2D eigenvalue weighted by molar-refractivity contribution is 0.101. The van der Waals surface area contributed by atoms with Crippen LogP contribution in [0.5, 0.6) is 5.75 Å². The molecule has 0 aliphatic heterocycles. The molecule has 0 bridgehead atoms. The van der Waals surface area contributed by atoms with E-state index in [1.807, 2.05) is 24.3 Å². The molecule has 1 aromatic heterocycles. The number of carbonyl (C=O) groups is 1. The summed E-state index contributed by atoms with van der Waals surface area (Å²) in [5.74, 6) is 0.247. The number of fused-ring (bicyclic) bond motifs is 3. The molecule has 0 unspecified atom stereocenters. The fourth-order valence-electron chi connectivity index (χ4n) is 3.07. The van der Waals surface area contributed by atoms with Crippen LogP contribution in [0.4, 0.5) is 5.69 Å². The molecule has 0 amide bonds. The van der Waals surface area contributed by atoms with Crippen LogP contribution in [0.3, 0.4) is 0 Å². The molecule has 1 heterocycles. The Labute approximate surface area is 161 Å². The van der Waals surface area contributed by atoms with E-state index in [4.69, 9.17) is 9.15 Å². The summed E-state index contributed by atoms with van der Waals surface area (Å²) in [6.45, 7) is 1.43. The Morgan fingerprint density at radius 3 is 2.36 bits per heavy atom. The Kier molecular flexibility index (Phi) is 4.31. The van der Waals surface area contributed by atoms with Crippen molar-refractivity contribution in [3.63, 3.8) is 0 Å². The summed E-state index contributed by atoms with van der Waals surface area (Å²) in [5.41, 5.74) is 1.97. The fourth-order valence-corrected chi connectivity index (χ4v) is 4.13. The topological polar surface area (TPSA) is 85.6 Å². The average molecular weight is 395 g/mol. The Morgan fingerprint density at radius 1 is 0.964 bits per heavy atom. The molecule has 1 N–H and O–H groups in total. The van der Waals surface area contributed by atoms with Gasteiger partial charge in [-0.15, -0.1) is 0 Å². The van der Waals surface area contributed by atoms with Crippen molar-refractivity contribution in [1.29, 1.82) is 0 Å². The van der Waals surface area contributed by atoms with Crippen molar-refractivity contribution in [1.82, 2.24) is 0 Å². The monoisotopic (exact) mass is 395 g/mol. The number of nitrogens with one attached hydrogen (secondary N) is 1. The molecule has 3 aromatic carbocycles. The normalized spacial score (nSPS) is 11.6. The number of furan rings is 1. The van der Waals surface area contributed by atoms with E-state index in [-0.39, 0.29) is 16.4 Å². The standard InChI is InChI=1S/C21H17NO5S/c1-13(23)14-7-9-15(10-8-14)28(24,25)22-18-12-20-17(11-21(18)26-2)16-5-3-4-6-19(16)27-20/h3-12,22H,1-2H3. The largest absolute Gasteiger partial charge is 0.495 e. The highest BCUT2D eigenvalue weighted by atomic mass is 32.2. The lowest BCUT2D eigenvalue weighted by atomic mass is 10.1. The number of para-hydroxylation sites is 1. The number of sulfonamides is 1. The van der Waals surface area contributed by atoms with Crippen LogP contribution in [0.25, 0.3) is 21.9 Å². The van der Waals surface area contributed by atoms with Gasteiger partial charge in [-0.3, -0.25) is 9.52 Å². The third-order valence-electron chi connectivity index (χ3n) is 4.51. The van der Waals surface area contributed by atoms with Crippen LogP contribution >= 0.6 is 0 Å². The van der Waals surface area contributed by atoms with E-state index in [1.54, 1.807) is 12.1 Å². The van der Waals surface area contributed by atoms with Crippen molar-refractivity contribution in [2.45, 2.75) is 11.8 Å². The molecule has 0 fully saturated rings. The van der Waals surface area contributed by atoms with Crippen molar-refractivity contribution in [3.05, 3.63) is 66.2 Å². The smallest absolute Gasteiger partial charge is 0.262 e. The van der Waals surface area contributed by atoms with Crippen molar-refractivity contribution in [2.75, 3.05) is 11.8 Å². The summed E-state index contributed by atoms with van der Waals surface area (Å²) in [6.07, 6.45) is 0. The van der Waals surface area contributed by atoms with Gasteiger partial charge in [0.2, 0.25) is 0 Å². The van der Waals surface area contributed by atoms with Crippen molar-refractivity contribution in [2.24, 2.45) is 0 Å². The van der Waals surface area contributed by atoms with E-state index >= 15 is 0 Å². The third-order valence-corrected chi connectivity index (χ3v) is 5.90. The molecule has 0 atom stereocenters. The first-order valence-electron chi connectivity index (χ1n) is 8.52. The zero-order chi connectivity index (χ0) is 19.9. The van der Waals surface area contributed by atoms with E-state index in [0.717, 1.165) is 10.8 Å². The van der Waals surface area contributed by atoms with Crippen LogP contribution in [0.15, 0.2) is 70.0 Å². The molecule has 28 heavy (non-hydrogen) atoms. The minimum atomic E-state index is -3.87. The highest BCUT2D eigenvalue weighted by Crippen LogP contribution is 2.37. The minimum absolute atomic E-state index is 0.0456. The molecule has 4 rings (SSSR count). The van der Waals surface area contributed by atoms with Gasteiger partial charge in [0.05, 0.1) is 17.7 Å². The predicted molar refractivity (Wildman–Crippen MR) is 108 cm³/mol. The van der Waals surface area contributed by atoms with E-state index in [2.05, 4.69) is 4.72 Å². The van der Waals surface area contributed by atoms with Gasteiger partial charge in [0.25, 0.3) is 10.0 Å². The van der Waals surface area contributed by atoms with Crippen molar-refractivity contribution < 1.29 is 22.4 Å². The molecule has 0 radical (unpaired) electrons. The fraction of sp³-hybridized carbons (Fsp3) is 0.0952. The number of rotatable bonds is 5. The Balaban J connectivity index is 1.77. The highest BCUT2D eigenvalue weighted by molar-refractivity contribution is 7.92. The maximum absolute atomic E-state index is 12.8. The van der Waals surface area contributed by atoms with E-state index in [1.165, 1.54) is 38.3 Å². The Morgan fingerprint density at radius 2 is 1.68 bits per heavy atom. The molecule has 6 nitrogen and oxygen atoms in total. The second-order valence-corrected chi connectivity index (χ2v) is 8.02. The van der Waals surface area contributed by atoms with Gasteiger partial charge in [-0.25, -0.2) is 8.42 Å². The number of Topliss-reactive ketones (excluding diaryl/α,β-unsaturated/α-hetero) is 1. The second kappa shape index (κ2) is 6.69. The van der Waals surface area contributed by atoms with Crippen LogP contribution in [0.2, 0.25) is 0 Å². The average Bonchev–Trinajstić information content (AvgIpc) is 3.04.